The second-order valence-electron chi connectivity index (χ2n) is 5.37. The summed E-state index contributed by atoms with van der Waals surface area (Å²) < 4.78 is 6.90. The van der Waals surface area contributed by atoms with Gasteiger partial charge in [0.25, 0.3) is 5.91 Å². The van der Waals surface area contributed by atoms with E-state index in [1.807, 2.05) is 6.07 Å². The first-order valence-electron chi connectivity index (χ1n) is 7.49. The Kier molecular flexibility index (Phi) is 3.65. The van der Waals surface area contributed by atoms with Gasteiger partial charge >= 0.3 is 0 Å². The van der Waals surface area contributed by atoms with E-state index in [9.17, 15) is 4.79 Å². The molecule has 1 amide bonds. The highest BCUT2D eigenvalue weighted by molar-refractivity contribution is 5.92. The van der Waals surface area contributed by atoms with Crippen molar-refractivity contribution < 1.29 is 9.32 Å². The van der Waals surface area contributed by atoms with E-state index in [-0.39, 0.29) is 12.5 Å². The fourth-order valence-electron chi connectivity index (χ4n) is 2.33. The Morgan fingerprint density at radius 2 is 2.20 bits per heavy atom. The predicted octanol–water partition coefficient (Wildman–Crippen LogP) is 1.45. The van der Waals surface area contributed by atoms with Crippen LogP contribution in [0.25, 0.3) is 17.2 Å². The molecule has 0 aliphatic carbocycles. The standard InChI is InChI=1S/C16H13N7O2/c1-22(15(24)12-9-23-7-3-6-18-16(23)19-12)10-13-20-14(21-25-13)11-4-2-5-17-8-11/h2-9H,10H2,1H3. The van der Waals surface area contributed by atoms with Crippen LogP contribution in [-0.2, 0) is 6.54 Å². The van der Waals surface area contributed by atoms with Crippen molar-refractivity contribution in [3.05, 3.63) is 60.8 Å². The minimum atomic E-state index is -0.258. The third kappa shape index (κ3) is 2.94. The van der Waals surface area contributed by atoms with Gasteiger partial charge in [0.15, 0.2) is 0 Å². The molecule has 0 unspecified atom stereocenters. The highest BCUT2D eigenvalue weighted by Crippen LogP contribution is 2.15. The Bertz CT molecular complexity index is 992. The first kappa shape index (κ1) is 14.9. The average Bonchev–Trinajstić information content (AvgIpc) is 3.28. The number of fused-ring (bicyclic) bond motifs is 1. The maximum atomic E-state index is 12.5. The zero-order valence-corrected chi connectivity index (χ0v) is 13.3. The Labute approximate surface area is 142 Å². The molecule has 25 heavy (non-hydrogen) atoms. The van der Waals surface area contributed by atoms with Crippen LogP contribution in [0, 0.1) is 0 Å². The van der Waals surface area contributed by atoms with Gasteiger partial charge in [-0.15, -0.1) is 0 Å². The molecule has 0 aromatic carbocycles. The fourth-order valence-corrected chi connectivity index (χ4v) is 2.33. The van der Waals surface area contributed by atoms with E-state index >= 15 is 0 Å². The number of imidazole rings is 1. The molecule has 0 fully saturated rings. The van der Waals surface area contributed by atoms with Crippen molar-refractivity contribution in [2.45, 2.75) is 6.54 Å². The van der Waals surface area contributed by atoms with Crippen molar-refractivity contribution in [3.8, 4) is 11.4 Å². The third-order valence-corrected chi connectivity index (χ3v) is 3.56. The first-order valence-corrected chi connectivity index (χ1v) is 7.49. The van der Waals surface area contributed by atoms with Crippen LogP contribution in [0.3, 0.4) is 0 Å². The summed E-state index contributed by atoms with van der Waals surface area (Å²) in [5.74, 6) is 0.972. The van der Waals surface area contributed by atoms with Crippen molar-refractivity contribution in [1.82, 2.24) is 34.4 Å². The van der Waals surface area contributed by atoms with E-state index in [1.54, 1.807) is 54.6 Å². The minimum absolute atomic E-state index is 0.174. The number of pyridine rings is 1. The van der Waals surface area contributed by atoms with Crippen LogP contribution in [0.1, 0.15) is 16.4 Å². The van der Waals surface area contributed by atoms with Crippen molar-refractivity contribution >= 4 is 11.7 Å². The van der Waals surface area contributed by atoms with E-state index in [1.165, 1.54) is 4.90 Å². The lowest BCUT2D eigenvalue weighted by atomic mass is 10.3. The van der Waals surface area contributed by atoms with Gasteiger partial charge < -0.3 is 9.42 Å². The van der Waals surface area contributed by atoms with Gasteiger partial charge in [-0.3, -0.25) is 14.2 Å². The van der Waals surface area contributed by atoms with Gasteiger partial charge in [-0.05, 0) is 18.2 Å². The van der Waals surface area contributed by atoms with Gasteiger partial charge in [0.05, 0.1) is 0 Å². The molecule has 0 spiro atoms. The highest BCUT2D eigenvalue weighted by atomic mass is 16.5. The Balaban J connectivity index is 1.50. The molecule has 0 aliphatic heterocycles. The summed E-state index contributed by atoms with van der Waals surface area (Å²) in [6.45, 7) is 0.174. The van der Waals surface area contributed by atoms with Crippen LogP contribution in [0.5, 0.6) is 0 Å². The first-order chi connectivity index (χ1) is 12.2. The third-order valence-electron chi connectivity index (χ3n) is 3.56. The van der Waals surface area contributed by atoms with Gasteiger partial charge in [-0.2, -0.15) is 4.98 Å². The Morgan fingerprint density at radius 1 is 1.28 bits per heavy atom. The van der Waals surface area contributed by atoms with E-state index in [0.29, 0.717) is 23.2 Å². The number of carbonyl (C=O) groups excluding carboxylic acids is 1. The van der Waals surface area contributed by atoms with E-state index in [4.69, 9.17) is 4.52 Å². The largest absolute Gasteiger partial charge is 0.337 e. The normalized spacial score (nSPS) is 10.9. The highest BCUT2D eigenvalue weighted by Gasteiger charge is 2.19. The SMILES string of the molecule is CN(Cc1nc(-c2cccnc2)no1)C(=O)c1cn2cccnc2n1. The van der Waals surface area contributed by atoms with Crippen LogP contribution in [-0.4, -0.2) is 47.3 Å². The zero-order chi connectivity index (χ0) is 17.2. The van der Waals surface area contributed by atoms with Gasteiger partial charge in [0.2, 0.25) is 17.5 Å². The fraction of sp³-hybridized carbons (Fsp3) is 0.125. The van der Waals surface area contributed by atoms with E-state index in [2.05, 4.69) is 25.1 Å². The van der Waals surface area contributed by atoms with Crippen LogP contribution in [0.2, 0.25) is 0 Å². The smallest absolute Gasteiger partial charge is 0.274 e. The number of nitrogens with zero attached hydrogens (tertiary/aromatic N) is 7. The number of aromatic nitrogens is 6. The Hall–Kier alpha value is -3.62. The second-order valence-corrected chi connectivity index (χ2v) is 5.37. The molecule has 0 aliphatic rings. The summed E-state index contributed by atoms with van der Waals surface area (Å²) in [6, 6.07) is 5.39. The number of amides is 1. The van der Waals surface area contributed by atoms with Gasteiger partial charge in [0, 0.05) is 43.6 Å². The van der Waals surface area contributed by atoms with Crippen molar-refractivity contribution in [2.75, 3.05) is 7.05 Å². The second kappa shape index (κ2) is 6.11. The molecule has 0 atom stereocenters. The molecule has 9 heteroatoms. The lowest BCUT2D eigenvalue weighted by Gasteiger charge is -2.12. The molecule has 0 radical (unpaired) electrons. The molecule has 4 rings (SSSR count). The Morgan fingerprint density at radius 3 is 3.00 bits per heavy atom. The monoisotopic (exact) mass is 335 g/mol. The van der Waals surface area contributed by atoms with Crippen molar-refractivity contribution in [1.29, 1.82) is 0 Å². The molecular weight excluding hydrogens is 322 g/mol. The molecule has 0 N–H and O–H groups in total. The number of hydrogen-bond donors (Lipinski definition) is 0. The summed E-state index contributed by atoms with van der Waals surface area (Å²) in [6.07, 6.45) is 8.35. The summed E-state index contributed by atoms with van der Waals surface area (Å²) in [7, 11) is 1.65. The van der Waals surface area contributed by atoms with Gasteiger partial charge in [0.1, 0.15) is 12.2 Å². The predicted molar refractivity (Wildman–Crippen MR) is 86.3 cm³/mol. The van der Waals surface area contributed by atoms with Crippen molar-refractivity contribution in [3.63, 3.8) is 0 Å². The van der Waals surface area contributed by atoms with Crippen LogP contribution in [0.4, 0.5) is 0 Å². The summed E-state index contributed by atoms with van der Waals surface area (Å²) >= 11 is 0. The zero-order valence-electron chi connectivity index (χ0n) is 13.3. The van der Waals surface area contributed by atoms with Crippen molar-refractivity contribution in [2.24, 2.45) is 0 Å². The molecule has 0 bridgehead atoms. The van der Waals surface area contributed by atoms with Crippen LogP contribution in [0.15, 0.2) is 53.7 Å². The number of hydrogen-bond acceptors (Lipinski definition) is 7. The van der Waals surface area contributed by atoms with Crippen LogP contribution >= 0.6 is 0 Å². The summed E-state index contributed by atoms with van der Waals surface area (Å²) in [5.41, 5.74) is 1.05. The van der Waals surface area contributed by atoms with Crippen LogP contribution < -0.4 is 0 Å². The number of carbonyl (C=O) groups is 1. The molecule has 0 saturated carbocycles. The van der Waals surface area contributed by atoms with E-state index in [0.717, 1.165) is 5.56 Å². The van der Waals surface area contributed by atoms with Gasteiger partial charge in [-0.25, -0.2) is 9.97 Å². The average molecular weight is 335 g/mol. The lowest BCUT2D eigenvalue weighted by molar-refractivity contribution is 0.0764. The minimum Gasteiger partial charge on any atom is -0.337 e. The molecule has 4 heterocycles. The molecule has 0 saturated heterocycles. The molecule has 4 aromatic heterocycles. The topological polar surface area (TPSA) is 102 Å². The molecule has 9 nitrogen and oxygen atoms in total. The summed E-state index contributed by atoms with van der Waals surface area (Å²) in [5, 5.41) is 3.91. The summed E-state index contributed by atoms with van der Waals surface area (Å²) in [4.78, 5) is 30.6. The number of rotatable bonds is 4. The maximum absolute atomic E-state index is 12.5. The molecule has 124 valence electrons. The molecular formula is C16H13N7O2. The quantitative estimate of drug-likeness (QED) is 0.556. The molecule has 4 aromatic rings. The lowest BCUT2D eigenvalue weighted by Crippen LogP contribution is -2.26. The van der Waals surface area contributed by atoms with Gasteiger partial charge in [-0.1, -0.05) is 5.16 Å². The van der Waals surface area contributed by atoms with E-state index < -0.39 is 0 Å². The maximum Gasteiger partial charge on any atom is 0.274 e.